The minimum Gasteiger partial charge on any atom is -0.377 e. The van der Waals surface area contributed by atoms with Crippen LogP contribution in [0.15, 0.2) is 29.3 Å². The second-order valence-corrected chi connectivity index (χ2v) is 8.54. The molecule has 3 aromatic heterocycles. The summed E-state index contributed by atoms with van der Waals surface area (Å²) in [5.41, 5.74) is 1.25. The second kappa shape index (κ2) is 7.42. The Bertz CT molecular complexity index is 1170. The third kappa shape index (κ3) is 3.06. The summed E-state index contributed by atoms with van der Waals surface area (Å²) in [7, 11) is 0. The quantitative estimate of drug-likeness (QED) is 0.695. The number of fused-ring (bicyclic) bond motifs is 3. The van der Waals surface area contributed by atoms with Crippen molar-refractivity contribution in [2.75, 3.05) is 24.7 Å². The zero-order valence-corrected chi connectivity index (χ0v) is 17.1. The van der Waals surface area contributed by atoms with Crippen molar-refractivity contribution in [2.45, 2.75) is 50.4 Å². The fourth-order valence-corrected chi connectivity index (χ4v) is 5.21. The molecule has 6 rings (SSSR count). The summed E-state index contributed by atoms with van der Waals surface area (Å²) in [6, 6.07) is 3.78. The Morgan fingerprint density at radius 2 is 2.00 bits per heavy atom. The smallest absolute Gasteiger partial charge is 0.194 e. The van der Waals surface area contributed by atoms with Crippen molar-refractivity contribution in [3.8, 4) is 11.4 Å². The van der Waals surface area contributed by atoms with Crippen LogP contribution in [0.1, 0.15) is 38.3 Å². The number of hydrogen-bond acceptors (Lipinski definition) is 6. The van der Waals surface area contributed by atoms with E-state index in [2.05, 4.69) is 20.0 Å². The molecule has 0 amide bonds. The summed E-state index contributed by atoms with van der Waals surface area (Å²) in [5.74, 6) is 0.0680. The van der Waals surface area contributed by atoms with Gasteiger partial charge in [-0.05, 0) is 38.2 Å². The number of pyridine rings is 2. The summed E-state index contributed by atoms with van der Waals surface area (Å²) in [6.45, 7) is 1.95. The molecule has 3 aliphatic heterocycles. The van der Waals surface area contributed by atoms with E-state index >= 15 is 0 Å². The summed E-state index contributed by atoms with van der Waals surface area (Å²) in [6.07, 6.45) is 7.59. The van der Waals surface area contributed by atoms with Crippen LogP contribution in [0, 0.1) is 5.82 Å². The topological polar surface area (TPSA) is 85.3 Å². The molecule has 31 heavy (non-hydrogen) atoms. The number of hydrogen-bond donors (Lipinski definition) is 1. The molecule has 3 unspecified atom stereocenters. The number of aromatic amines is 1. The lowest BCUT2D eigenvalue weighted by Crippen LogP contribution is -2.46. The van der Waals surface area contributed by atoms with Crippen molar-refractivity contribution in [1.29, 1.82) is 0 Å². The average Bonchev–Trinajstić information content (AvgIpc) is 3.36. The van der Waals surface area contributed by atoms with Crippen molar-refractivity contribution in [3.05, 3.63) is 40.6 Å². The van der Waals surface area contributed by atoms with Gasteiger partial charge in [-0.1, -0.05) is 0 Å². The first-order chi connectivity index (χ1) is 15.2. The first-order valence-corrected chi connectivity index (χ1v) is 10.9. The number of morpholine rings is 1. The first-order valence-electron chi connectivity index (χ1n) is 10.9. The lowest BCUT2D eigenvalue weighted by Gasteiger charge is -2.36. The Balaban J connectivity index is 1.52. The normalized spacial score (nSPS) is 26.0. The molecule has 3 saturated heterocycles. The number of halogens is 1. The van der Waals surface area contributed by atoms with E-state index in [9.17, 15) is 9.18 Å². The van der Waals surface area contributed by atoms with Crippen molar-refractivity contribution >= 4 is 16.7 Å². The Hall–Kier alpha value is -2.78. The molecule has 3 aromatic rings. The van der Waals surface area contributed by atoms with Crippen LogP contribution >= 0.6 is 0 Å². The van der Waals surface area contributed by atoms with E-state index in [1.165, 1.54) is 6.07 Å². The molecule has 0 aromatic carbocycles. The van der Waals surface area contributed by atoms with E-state index < -0.39 is 5.82 Å². The number of H-pyrrole nitrogens is 1. The van der Waals surface area contributed by atoms with Crippen LogP contribution in [0.5, 0.6) is 0 Å². The van der Waals surface area contributed by atoms with Crippen LogP contribution in [-0.2, 0) is 9.47 Å². The van der Waals surface area contributed by atoms with E-state index in [1.54, 1.807) is 10.9 Å². The van der Waals surface area contributed by atoms with E-state index in [4.69, 9.17) is 9.47 Å². The maximum absolute atomic E-state index is 14.7. The molecule has 0 aliphatic carbocycles. The SMILES string of the molecule is O=c1cc(N2C3CCC2COC3)[nH]c2c(-c3ccnn3C3CCCCO3)ncc(F)c12. The predicted molar refractivity (Wildman–Crippen MR) is 112 cm³/mol. The molecule has 0 saturated carbocycles. The maximum atomic E-state index is 14.7. The molecule has 1 N–H and O–H groups in total. The van der Waals surface area contributed by atoms with E-state index in [0.29, 0.717) is 42.5 Å². The molecule has 3 atom stereocenters. The Morgan fingerprint density at radius 3 is 2.77 bits per heavy atom. The number of nitrogens with zero attached hydrogens (tertiary/aromatic N) is 4. The van der Waals surface area contributed by atoms with Crippen LogP contribution in [0.4, 0.5) is 10.2 Å². The van der Waals surface area contributed by atoms with Crippen LogP contribution < -0.4 is 10.3 Å². The highest BCUT2D eigenvalue weighted by Gasteiger charge is 2.38. The monoisotopic (exact) mass is 425 g/mol. The van der Waals surface area contributed by atoms with Gasteiger partial charge in [0, 0.05) is 18.9 Å². The third-order valence-corrected chi connectivity index (χ3v) is 6.66. The van der Waals surface area contributed by atoms with Gasteiger partial charge in [-0.3, -0.25) is 4.79 Å². The molecule has 2 bridgehead atoms. The van der Waals surface area contributed by atoms with E-state index in [1.807, 2.05) is 6.07 Å². The van der Waals surface area contributed by atoms with Gasteiger partial charge in [-0.25, -0.2) is 14.1 Å². The van der Waals surface area contributed by atoms with Crippen molar-refractivity contribution < 1.29 is 13.9 Å². The number of rotatable bonds is 3. The summed E-state index contributed by atoms with van der Waals surface area (Å²) in [5, 5.41) is 4.47. The standard InChI is InChI=1S/C22H24FN5O3/c23-15-10-24-21(16-6-7-25-28(16)19-3-1-2-8-31-19)22-20(15)17(29)9-18(26-22)27-13-4-5-14(27)12-30-11-13/h6-7,9-10,13-14,19H,1-5,8,11-12H2,(H,26,29). The van der Waals surface area contributed by atoms with Crippen LogP contribution in [0.25, 0.3) is 22.3 Å². The van der Waals surface area contributed by atoms with Gasteiger partial charge in [0.25, 0.3) is 0 Å². The largest absolute Gasteiger partial charge is 0.377 e. The Kier molecular flexibility index (Phi) is 4.53. The van der Waals surface area contributed by atoms with E-state index in [-0.39, 0.29) is 29.1 Å². The van der Waals surface area contributed by atoms with E-state index in [0.717, 1.165) is 38.3 Å². The molecule has 3 fully saturated rings. The maximum Gasteiger partial charge on any atom is 0.194 e. The molecule has 8 nitrogen and oxygen atoms in total. The van der Waals surface area contributed by atoms with Gasteiger partial charge < -0.3 is 19.4 Å². The minimum atomic E-state index is -0.628. The molecular weight excluding hydrogens is 401 g/mol. The molecule has 3 aliphatic rings. The van der Waals surface area contributed by atoms with Gasteiger partial charge in [0.15, 0.2) is 17.5 Å². The van der Waals surface area contributed by atoms with Crippen molar-refractivity contribution in [2.24, 2.45) is 0 Å². The van der Waals surface area contributed by atoms with Gasteiger partial charge in [0.1, 0.15) is 11.5 Å². The molecule has 0 radical (unpaired) electrons. The number of anilines is 1. The zero-order chi connectivity index (χ0) is 20.9. The molecule has 162 valence electrons. The number of aromatic nitrogens is 4. The van der Waals surface area contributed by atoms with Crippen LogP contribution in [0.2, 0.25) is 0 Å². The average molecular weight is 425 g/mol. The third-order valence-electron chi connectivity index (χ3n) is 6.66. The number of nitrogens with one attached hydrogen (secondary N) is 1. The fourth-order valence-electron chi connectivity index (χ4n) is 5.21. The molecule has 6 heterocycles. The van der Waals surface area contributed by atoms with Gasteiger partial charge >= 0.3 is 0 Å². The lowest BCUT2D eigenvalue weighted by molar-refractivity contribution is -0.0383. The minimum absolute atomic E-state index is 0.0201. The number of ether oxygens (including phenoxy) is 2. The summed E-state index contributed by atoms with van der Waals surface area (Å²) < 4.78 is 28.1. The van der Waals surface area contributed by atoms with Crippen molar-refractivity contribution in [1.82, 2.24) is 19.7 Å². The Labute approximate surface area is 178 Å². The van der Waals surface area contributed by atoms with Gasteiger partial charge in [-0.15, -0.1) is 0 Å². The highest BCUT2D eigenvalue weighted by molar-refractivity contribution is 5.91. The zero-order valence-electron chi connectivity index (χ0n) is 17.1. The second-order valence-electron chi connectivity index (χ2n) is 8.54. The lowest BCUT2D eigenvalue weighted by atomic mass is 10.1. The fraction of sp³-hybridized carbons (Fsp3) is 0.500. The van der Waals surface area contributed by atoms with Crippen molar-refractivity contribution in [3.63, 3.8) is 0 Å². The summed E-state index contributed by atoms with van der Waals surface area (Å²) in [4.78, 5) is 23.0. The van der Waals surface area contributed by atoms with Gasteiger partial charge in [0.2, 0.25) is 0 Å². The molecule has 9 heteroatoms. The molecule has 0 spiro atoms. The van der Waals surface area contributed by atoms with Crippen LogP contribution in [-0.4, -0.2) is 51.7 Å². The van der Waals surface area contributed by atoms with Gasteiger partial charge in [-0.2, -0.15) is 5.10 Å². The molecular formula is C22H24FN5O3. The first kappa shape index (κ1) is 18.9. The highest BCUT2D eigenvalue weighted by atomic mass is 19.1. The van der Waals surface area contributed by atoms with Crippen LogP contribution in [0.3, 0.4) is 0 Å². The highest BCUT2D eigenvalue weighted by Crippen LogP contribution is 2.35. The Morgan fingerprint density at radius 1 is 1.16 bits per heavy atom. The van der Waals surface area contributed by atoms with Gasteiger partial charge in [0.05, 0.1) is 48.1 Å². The predicted octanol–water partition coefficient (Wildman–Crippen LogP) is 2.99. The summed E-state index contributed by atoms with van der Waals surface area (Å²) >= 11 is 0.